The van der Waals surface area contributed by atoms with Crippen LogP contribution in [0, 0.1) is 0 Å². The quantitative estimate of drug-likeness (QED) is 0.928. The van der Waals surface area contributed by atoms with Crippen molar-refractivity contribution in [3.05, 3.63) is 31.4 Å². The van der Waals surface area contributed by atoms with Gasteiger partial charge in [-0.05, 0) is 39.4 Å². The van der Waals surface area contributed by atoms with Gasteiger partial charge in [-0.3, -0.25) is 0 Å². The summed E-state index contributed by atoms with van der Waals surface area (Å²) in [5, 5.41) is 6.25. The standard InChI is InChI=1S/C11H14BrN3S2/c1-6(2)10-11(17-15-14-10)9(13)4-8-3-7(12)5-16-8/h3,5-6,9H,4,13H2,1-2H3. The largest absolute Gasteiger partial charge is 0.323 e. The second kappa shape index (κ2) is 5.56. The summed E-state index contributed by atoms with van der Waals surface area (Å²) < 4.78 is 5.14. The average Bonchev–Trinajstić information content (AvgIpc) is 2.86. The van der Waals surface area contributed by atoms with Crippen LogP contribution < -0.4 is 5.73 Å². The van der Waals surface area contributed by atoms with E-state index in [0.717, 1.165) is 21.5 Å². The Hall–Kier alpha value is -0.300. The third-order valence-electron chi connectivity index (χ3n) is 2.47. The van der Waals surface area contributed by atoms with Crippen LogP contribution >= 0.6 is 38.8 Å². The van der Waals surface area contributed by atoms with Gasteiger partial charge in [-0.15, -0.1) is 16.4 Å². The van der Waals surface area contributed by atoms with E-state index in [9.17, 15) is 0 Å². The zero-order valence-corrected chi connectivity index (χ0v) is 12.9. The molecule has 17 heavy (non-hydrogen) atoms. The molecule has 3 nitrogen and oxygen atoms in total. The maximum atomic E-state index is 6.24. The first-order valence-electron chi connectivity index (χ1n) is 5.38. The minimum absolute atomic E-state index is 0.00190. The van der Waals surface area contributed by atoms with Gasteiger partial charge in [0.1, 0.15) is 0 Å². The van der Waals surface area contributed by atoms with E-state index < -0.39 is 0 Å². The average molecular weight is 332 g/mol. The third kappa shape index (κ3) is 3.13. The molecular weight excluding hydrogens is 318 g/mol. The normalized spacial score (nSPS) is 13.2. The molecule has 0 saturated heterocycles. The summed E-state index contributed by atoms with van der Waals surface area (Å²) in [6.07, 6.45) is 0.847. The molecule has 6 heteroatoms. The molecule has 2 aromatic rings. The zero-order valence-electron chi connectivity index (χ0n) is 9.68. The van der Waals surface area contributed by atoms with E-state index in [-0.39, 0.29) is 6.04 Å². The Morgan fingerprint density at radius 3 is 2.82 bits per heavy atom. The van der Waals surface area contributed by atoms with Crippen LogP contribution in [0.1, 0.15) is 41.3 Å². The van der Waals surface area contributed by atoms with E-state index in [2.05, 4.69) is 50.8 Å². The lowest BCUT2D eigenvalue weighted by molar-refractivity contribution is 0.706. The molecule has 0 spiro atoms. The first-order chi connectivity index (χ1) is 8.08. The fraction of sp³-hybridized carbons (Fsp3) is 0.455. The third-order valence-corrected chi connectivity index (χ3v) is 5.06. The van der Waals surface area contributed by atoms with Crippen LogP contribution in [0.4, 0.5) is 0 Å². The van der Waals surface area contributed by atoms with Crippen LogP contribution in [0.15, 0.2) is 15.9 Å². The molecule has 0 radical (unpaired) electrons. The predicted molar refractivity (Wildman–Crippen MR) is 76.6 cm³/mol. The fourth-order valence-electron chi connectivity index (χ4n) is 1.63. The number of aromatic nitrogens is 2. The van der Waals surface area contributed by atoms with Crippen molar-refractivity contribution in [1.29, 1.82) is 0 Å². The topological polar surface area (TPSA) is 51.8 Å². The van der Waals surface area contributed by atoms with Crippen molar-refractivity contribution >= 4 is 38.8 Å². The summed E-state index contributed by atoms with van der Waals surface area (Å²) in [4.78, 5) is 2.40. The second-order valence-corrected chi connectivity index (χ2v) is 6.92. The van der Waals surface area contributed by atoms with E-state index in [1.165, 1.54) is 16.4 Å². The maximum absolute atomic E-state index is 6.24. The van der Waals surface area contributed by atoms with Crippen LogP contribution in [0.3, 0.4) is 0 Å². The number of hydrogen-bond donors (Lipinski definition) is 1. The lowest BCUT2D eigenvalue weighted by Crippen LogP contribution is -2.13. The Bertz CT molecular complexity index is 492. The summed E-state index contributed by atoms with van der Waals surface area (Å²) in [6, 6.07) is 2.12. The van der Waals surface area contributed by atoms with Crippen LogP contribution in [0.5, 0.6) is 0 Å². The van der Waals surface area contributed by atoms with Crippen LogP contribution in [-0.4, -0.2) is 9.59 Å². The Balaban J connectivity index is 2.14. The van der Waals surface area contributed by atoms with Gasteiger partial charge in [0.25, 0.3) is 0 Å². The number of nitrogens with two attached hydrogens (primary N) is 1. The molecular formula is C11H14BrN3S2. The van der Waals surface area contributed by atoms with Gasteiger partial charge < -0.3 is 5.73 Å². The highest BCUT2D eigenvalue weighted by Crippen LogP contribution is 2.29. The second-order valence-electron chi connectivity index (χ2n) is 4.22. The summed E-state index contributed by atoms with van der Waals surface area (Å²) in [5.41, 5.74) is 7.28. The molecule has 0 aliphatic carbocycles. The minimum atomic E-state index is -0.00190. The van der Waals surface area contributed by atoms with Crippen LogP contribution in [0.2, 0.25) is 0 Å². The number of halogens is 1. The van der Waals surface area contributed by atoms with E-state index in [0.29, 0.717) is 5.92 Å². The highest BCUT2D eigenvalue weighted by atomic mass is 79.9. The highest BCUT2D eigenvalue weighted by Gasteiger charge is 2.18. The maximum Gasteiger partial charge on any atom is 0.0829 e. The molecule has 0 aliphatic heterocycles. The summed E-state index contributed by atoms with van der Waals surface area (Å²) >= 11 is 6.60. The number of rotatable bonds is 4. The Kier molecular flexibility index (Phi) is 4.30. The lowest BCUT2D eigenvalue weighted by atomic mass is 10.0. The molecule has 0 fully saturated rings. The van der Waals surface area contributed by atoms with Crippen molar-refractivity contribution in [2.75, 3.05) is 0 Å². The van der Waals surface area contributed by atoms with Gasteiger partial charge in [0.15, 0.2) is 0 Å². The van der Waals surface area contributed by atoms with Gasteiger partial charge in [-0.1, -0.05) is 18.3 Å². The minimum Gasteiger partial charge on any atom is -0.323 e. The molecule has 2 N–H and O–H groups in total. The highest BCUT2D eigenvalue weighted by molar-refractivity contribution is 9.10. The first-order valence-corrected chi connectivity index (χ1v) is 7.83. The molecule has 1 atom stereocenters. The van der Waals surface area contributed by atoms with Crippen LogP contribution in [0.25, 0.3) is 0 Å². The molecule has 0 bridgehead atoms. The summed E-state index contributed by atoms with van der Waals surface area (Å²) in [6.45, 7) is 4.24. The monoisotopic (exact) mass is 331 g/mol. The molecule has 1 unspecified atom stereocenters. The van der Waals surface area contributed by atoms with E-state index in [4.69, 9.17) is 5.73 Å². The van der Waals surface area contributed by atoms with Gasteiger partial charge in [-0.2, -0.15) is 0 Å². The van der Waals surface area contributed by atoms with Crippen molar-refractivity contribution < 1.29 is 0 Å². The van der Waals surface area contributed by atoms with E-state index >= 15 is 0 Å². The Morgan fingerprint density at radius 1 is 1.47 bits per heavy atom. The van der Waals surface area contributed by atoms with Gasteiger partial charge in [-0.25, -0.2) is 0 Å². The van der Waals surface area contributed by atoms with Crippen molar-refractivity contribution in [3.8, 4) is 0 Å². The molecule has 2 rings (SSSR count). The molecule has 0 amide bonds. The molecule has 2 heterocycles. The van der Waals surface area contributed by atoms with Crippen molar-refractivity contribution in [2.24, 2.45) is 5.73 Å². The fourth-order valence-corrected chi connectivity index (χ4v) is 3.95. The number of thiophene rings is 1. The van der Waals surface area contributed by atoms with Gasteiger partial charge in [0.05, 0.1) is 10.6 Å². The van der Waals surface area contributed by atoms with Gasteiger partial charge in [0.2, 0.25) is 0 Å². The Labute approximate surface area is 117 Å². The van der Waals surface area contributed by atoms with Gasteiger partial charge >= 0.3 is 0 Å². The lowest BCUT2D eigenvalue weighted by Gasteiger charge is -2.10. The smallest absolute Gasteiger partial charge is 0.0829 e. The molecule has 92 valence electrons. The van der Waals surface area contributed by atoms with E-state index in [1.807, 2.05) is 0 Å². The van der Waals surface area contributed by atoms with E-state index in [1.54, 1.807) is 11.3 Å². The van der Waals surface area contributed by atoms with Crippen LogP contribution in [-0.2, 0) is 6.42 Å². The Morgan fingerprint density at radius 2 is 2.24 bits per heavy atom. The van der Waals surface area contributed by atoms with Crippen molar-refractivity contribution in [3.63, 3.8) is 0 Å². The van der Waals surface area contributed by atoms with Crippen molar-refractivity contribution in [2.45, 2.75) is 32.2 Å². The summed E-state index contributed by atoms with van der Waals surface area (Å²) in [7, 11) is 0. The first kappa shape index (κ1) is 13.1. The molecule has 0 aliphatic rings. The molecule has 0 saturated carbocycles. The van der Waals surface area contributed by atoms with Gasteiger partial charge in [0, 0.05) is 27.2 Å². The summed E-state index contributed by atoms with van der Waals surface area (Å²) in [5.74, 6) is 0.380. The molecule has 0 aromatic carbocycles. The number of nitrogens with zero attached hydrogens (tertiary/aromatic N) is 2. The molecule has 2 aromatic heterocycles. The SMILES string of the molecule is CC(C)c1nnsc1C(N)Cc1cc(Br)cs1. The van der Waals surface area contributed by atoms with Crippen molar-refractivity contribution in [1.82, 2.24) is 9.59 Å². The number of hydrogen-bond acceptors (Lipinski definition) is 5. The predicted octanol–water partition coefficient (Wildman–Crippen LogP) is 3.73. The zero-order chi connectivity index (χ0) is 12.4.